The number of likely N-dealkylation sites (tertiary alicyclic amines) is 1. The summed E-state index contributed by atoms with van der Waals surface area (Å²) in [6, 6.07) is 15.7. The summed E-state index contributed by atoms with van der Waals surface area (Å²) in [5.74, 6) is 0.765. The van der Waals surface area contributed by atoms with Crippen molar-refractivity contribution in [1.29, 1.82) is 5.26 Å². The minimum Gasteiger partial charge on any atom is -0.462 e. The lowest BCUT2D eigenvalue weighted by molar-refractivity contribution is -0.126. The van der Waals surface area contributed by atoms with Gasteiger partial charge in [-0.2, -0.15) is 15.2 Å². The van der Waals surface area contributed by atoms with Crippen LogP contribution in [0.25, 0.3) is 10.8 Å². The molecule has 4 aliphatic rings. The number of fused-ring (bicyclic) bond motifs is 2. The number of piperazine rings is 1. The maximum atomic E-state index is 12.6. The van der Waals surface area contributed by atoms with Crippen LogP contribution in [0.2, 0.25) is 5.02 Å². The van der Waals surface area contributed by atoms with Gasteiger partial charge in [-0.15, -0.1) is 0 Å². The van der Waals surface area contributed by atoms with Crippen LogP contribution in [0.1, 0.15) is 50.3 Å². The molecule has 1 atom stereocenters. The molecule has 11 heteroatoms. The zero-order chi connectivity index (χ0) is 32.8. The number of amides is 1. The average Bonchev–Trinajstić information content (AvgIpc) is 3.60. The molecule has 0 N–H and O–H groups in total. The SMILES string of the molecule is CC#N.O=C(/C=C/CF)N1CCN(c2nc(OCC3CCN3C3CCCC3)nc3c2CCN(c2cccc4cccc(Cl)c24)C3)CC1. The number of halogens is 2. The molecule has 1 unspecified atom stereocenters. The van der Waals surface area contributed by atoms with E-state index in [2.05, 4.69) is 39.0 Å². The summed E-state index contributed by atoms with van der Waals surface area (Å²) in [4.78, 5) is 31.5. The number of rotatable bonds is 8. The molecule has 3 fully saturated rings. The Bertz CT molecular complexity index is 1630. The zero-order valence-electron chi connectivity index (χ0n) is 27.1. The van der Waals surface area contributed by atoms with Gasteiger partial charge in [0.25, 0.3) is 0 Å². The van der Waals surface area contributed by atoms with Gasteiger partial charge in [-0.05, 0) is 49.3 Å². The minimum atomic E-state index is -0.636. The number of nitriles is 1. The number of benzene rings is 2. The fraction of sp³-hybridized carbons (Fsp3) is 0.500. The van der Waals surface area contributed by atoms with Gasteiger partial charge in [0.05, 0.1) is 23.3 Å². The standard InChI is InChI=1S/C34H40ClFN6O2.C2H3N/c35-28-10-3-6-24-7-4-11-30(32(24)28)41-16-14-27-29(22-41)37-34(44-23-26-13-17-42(26)25-8-1-2-9-25)38-33(27)40-20-18-39(19-21-40)31(43)12-5-15-36;1-2-3/h3-7,10-12,25-26H,1-2,8-9,13-23H2;1H3/b12-5+;. The highest BCUT2D eigenvalue weighted by molar-refractivity contribution is 6.36. The molecule has 3 aromatic rings. The molecule has 7 rings (SSSR count). The van der Waals surface area contributed by atoms with Gasteiger partial charge in [-0.1, -0.05) is 48.7 Å². The van der Waals surface area contributed by atoms with E-state index in [0.717, 1.165) is 64.5 Å². The van der Waals surface area contributed by atoms with Crippen molar-refractivity contribution < 1.29 is 13.9 Å². The van der Waals surface area contributed by atoms with Crippen LogP contribution in [0.5, 0.6) is 6.01 Å². The van der Waals surface area contributed by atoms with Gasteiger partial charge < -0.3 is 19.4 Å². The van der Waals surface area contributed by atoms with Crippen molar-refractivity contribution in [2.24, 2.45) is 0 Å². The van der Waals surface area contributed by atoms with Crippen molar-refractivity contribution >= 4 is 39.8 Å². The van der Waals surface area contributed by atoms with Gasteiger partial charge in [0.15, 0.2) is 0 Å². The highest BCUT2D eigenvalue weighted by Crippen LogP contribution is 2.37. The second kappa shape index (κ2) is 15.3. The third-order valence-electron chi connectivity index (χ3n) is 9.82. The van der Waals surface area contributed by atoms with E-state index in [0.29, 0.717) is 57.4 Å². The van der Waals surface area contributed by atoms with Gasteiger partial charge in [0, 0.05) is 81.0 Å². The summed E-state index contributed by atoms with van der Waals surface area (Å²) in [6.45, 7) is 6.42. The normalized spacial score (nSPS) is 20.0. The van der Waals surface area contributed by atoms with Crippen LogP contribution >= 0.6 is 11.6 Å². The van der Waals surface area contributed by atoms with E-state index in [1.807, 2.05) is 12.1 Å². The summed E-state index contributed by atoms with van der Waals surface area (Å²) in [5, 5.41) is 10.2. The third-order valence-corrected chi connectivity index (χ3v) is 10.1. The number of nitrogens with zero attached hydrogens (tertiary/aromatic N) is 7. The van der Waals surface area contributed by atoms with Crippen LogP contribution in [-0.2, 0) is 17.8 Å². The first kappa shape index (κ1) is 33.0. The lowest BCUT2D eigenvalue weighted by Gasteiger charge is -2.44. The van der Waals surface area contributed by atoms with E-state index in [-0.39, 0.29) is 5.91 Å². The number of anilines is 2. The summed E-state index contributed by atoms with van der Waals surface area (Å²) in [6.07, 6.45) is 9.79. The number of alkyl halides is 1. The Morgan fingerprint density at radius 1 is 1.04 bits per heavy atom. The molecule has 0 radical (unpaired) electrons. The minimum absolute atomic E-state index is 0.146. The summed E-state index contributed by atoms with van der Waals surface area (Å²) >= 11 is 6.71. The van der Waals surface area contributed by atoms with Crippen molar-refractivity contribution in [2.75, 3.05) is 62.3 Å². The highest BCUT2D eigenvalue weighted by atomic mass is 35.5. The summed E-state index contributed by atoms with van der Waals surface area (Å²) in [5.41, 5.74) is 3.23. The topological polar surface area (TPSA) is 88.8 Å². The van der Waals surface area contributed by atoms with Crippen molar-refractivity contribution in [1.82, 2.24) is 19.8 Å². The molecule has 0 bridgehead atoms. The quantitative estimate of drug-likeness (QED) is 0.275. The third kappa shape index (κ3) is 7.31. The molecule has 1 aromatic heterocycles. The molecule has 9 nitrogen and oxygen atoms in total. The number of aromatic nitrogens is 2. The van der Waals surface area contributed by atoms with Crippen molar-refractivity contribution in [2.45, 2.75) is 64.1 Å². The van der Waals surface area contributed by atoms with Crippen LogP contribution in [-0.4, -0.2) is 90.3 Å². The molecule has 4 heterocycles. The first-order valence-electron chi connectivity index (χ1n) is 16.8. The molecule has 1 aliphatic carbocycles. The number of hydrogen-bond donors (Lipinski definition) is 0. The molecular formula is C36H43ClFN7O2. The maximum Gasteiger partial charge on any atom is 0.318 e. The smallest absolute Gasteiger partial charge is 0.318 e. The Balaban J connectivity index is 0.00000124. The van der Waals surface area contributed by atoms with Crippen LogP contribution in [0, 0.1) is 11.3 Å². The van der Waals surface area contributed by atoms with Gasteiger partial charge in [0.2, 0.25) is 5.91 Å². The Kier molecular flexibility index (Phi) is 10.7. The molecule has 0 spiro atoms. The van der Waals surface area contributed by atoms with Crippen LogP contribution < -0.4 is 14.5 Å². The number of ether oxygens (including phenoxy) is 1. The van der Waals surface area contributed by atoms with Gasteiger partial charge in [0.1, 0.15) is 19.1 Å². The number of hydrogen-bond acceptors (Lipinski definition) is 8. The number of carbonyl (C=O) groups excluding carboxylic acids is 1. The number of carbonyl (C=O) groups is 1. The molecule has 2 aromatic carbocycles. The molecule has 1 amide bonds. The predicted octanol–water partition coefficient (Wildman–Crippen LogP) is 5.95. The summed E-state index contributed by atoms with van der Waals surface area (Å²) < 4.78 is 19.0. The lowest BCUT2D eigenvalue weighted by atomic mass is 9.99. The molecule has 3 aliphatic heterocycles. The van der Waals surface area contributed by atoms with E-state index in [4.69, 9.17) is 31.6 Å². The van der Waals surface area contributed by atoms with Gasteiger partial charge in [-0.25, -0.2) is 4.39 Å². The first-order chi connectivity index (χ1) is 23.0. The van der Waals surface area contributed by atoms with Gasteiger partial charge >= 0.3 is 6.01 Å². The first-order valence-corrected chi connectivity index (χ1v) is 17.2. The molecule has 1 saturated carbocycles. The maximum absolute atomic E-state index is 12.6. The Hall–Kier alpha value is -3.94. The predicted molar refractivity (Wildman–Crippen MR) is 184 cm³/mol. The second-order valence-electron chi connectivity index (χ2n) is 12.6. The van der Waals surface area contributed by atoms with E-state index in [9.17, 15) is 9.18 Å². The molecular weight excluding hydrogens is 617 g/mol. The Morgan fingerprint density at radius 2 is 1.79 bits per heavy atom. The fourth-order valence-electron chi connectivity index (χ4n) is 7.38. The molecule has 47 heavy (non-hydrogen) atoms. The van der Waals surface area contributed by atoms with E-state index in [1.54, 1.807) is 11.0 Å². The fourth-order valence-corrected chi connectivity index (χ4v) is 7.66. The number of allylic oxidation sites excluding steroid dienone is 1. The van der Waals surface area contributed by atoms with Crippen LogP contribution in [0.4, 0.5) is 15.9 Å². The van der Waals surface area contributed by atoms with Crippen LogP contribution in [0.3, 0.4) is 0 Å². The summed E-state index contributed by atoms with van der Waals surface area (Å²) in [7, 11) is 0. The lowest BCUT2D eigenvalue weighted by Crippen LogP contribution is -2.55. The Morgan fingerprint density at radius 3 is 2.49 bits per heavy atom. The second-order valence-corrected chi connectivity index (χ2v) is 13.0. The molecule has 2 saturated heterocycles. The van der Waals surface area contributed by atoms with E-state index in [1.165, 1.54) is 44.8 Å². The van der Waals surface area contributed by atoms with E-state index >= 15 is 0 Å². The van der Waals surface area contributed by atoms with Crippen LogP contribution in [0.15, 0.2) is 48.6 Å². The van der Waals surface area contributed by atoms with Gasteiger partial charge in [-0.3, -0.25) is 9.69 Å². The molecule has 248 valence electrons. The van der Waals surface area contributed by atoms with Crippen molar-refractivity contribution in [3.8, 4) is 12.1 Å². The highest BCUT2D eigenvalue weighted by Gasteiger charge is 2.36. The largest absolute Gasteiger partial charge is 0.462 e. The monoisotopic (exact) mass is 659 g/mol. The average molecular weight is 660 g/mol. The van der Waals surface area contributed by atoms with Crippen molar-refractivity contribution in [3.63, 3.8) is 0 Å². The van der Waals surface area contributed by atoms with E-state index < -0.39 is 6.67 Å². The van der Waals surface area contributed by atoms with Crippen molar-refractivity contribution in [3.05, 3.63) is 64.8 Å². The Labute approximate surface area is 281 Å². The zero-order valence-corrected chi connectivity index (χ0v) is 27.8.